The summed E-state index contributed by atoms with van der Waals surface area (Å²) in [6, 6.07) is 0. The maximum atomic E-state index is 11.7. The molecule has 1 aromatic heterocycles. The van der Waals surface area contributed by atoms with Gasteiger partial charge in [-0.05, 0) is 6.42 Å². The lowest BCUT2D eigenvalue weighted by Crippen LogP contribution is -2.17. The number of rotatable bonds is 5. The van der Waals surface area contributed by atoms with Gasteiger partial charge in [-0.2, -0.15) is 13.2 Å². The van der Waals surface area contributed by atoms with E-state index in [0.29, 0.717) is 18.9 Å². The van der Waals surface area contributed by atoms with Crippen molar-refractivity contribution < 1.29 is 17.9 Å². The van der Waals surface area contributed by atoms with Crippen LogP contribution in [0.1, 0.15) is 6.42 Å². The molecule has 0 unspecified atom stereocenters. The molecule has 0 fully saturated rings. The minimum absolute atomic E-state index is 0.0527. The summed E-state index contributed by atoms with van der Waals surface area (Å²) in [7, 11) is 0. The van der Waals surface area contributed by atoms with Crippen LogP contribution in [-0.2, 0) is 11.3 Å². The van der Waals surface area contributed by atoms with Crippen LogP contribution in [0.25, 0.3) is 0 Å². The number of nitrogens with zero attached hydrogens (tertiary/aromatic N) is 2. The fraction of sp³-hybridized carbons (Fsp3) is 0.625. The Labute approximate surface area is 84.8 Å². The summed E-state index contributed by atoms with van der Waals surface area (Å²) in [4.78, 5) is 3.77. The molecule has 2 N–H and O–H groups in total. The number of imidazole rings is 1. The third-order valence-electron chi connectivity index (χ3n) is 1.70. The van der Waals surface area contributed by atoms with E-state index >= 15 is 0 Å². The molecule has 1 rings (SSSR count). The average molecular weight is 223 g/mol. The molecule has 0 spiro atoms. The third kappa shape index (κ3) is 4.68. The average Bonchev–Trinajstić information content (AvgIpc) is 2.49. The predicted octanol–water partition coefficient (Wildman–Crippen LogP) is 1.43. The number of hydrogen-bond donors (Lipinski definition) is 1. The summed E-state index contributed by atoms with van der Waals surface area (Å²) >= 11 is 0. The van der Waals surface area contributed by atoms with Gasteiger partial charge in [-0.15, -0.1) is 0 Å². The molecule has 7 heteroatoms. The molecule has 0 saturated carbocycles. The van der Waals surface area contributed by atoms with Crippen molar-refractivity contribution in [3.8, 4) is 0 Å². The van der Waals surface area contributed by atoms with Crippen molar-refractivity contribution in [3.63, 3.8) is 0 Å². The van der Waals surface area contributed by atoms with E-state index in [1.54, 1.807) is 10.8 Å². The monoisotopic (exact) mass is 223 g/mol. The lowest BCUT2D eigenvalue weighted by Gasteiger charge is -2.08. The summed E-state index contributed by atoms with van der Waals surface area (Å²) in [5, 5.41) is 0. The van der Waals surface area contributed by atoms with Crippen molar-refractivity contribution in [3.05, 3.63) is 12.4 Å². The molecule has 0 bridgehead atoms. The SMILES string of the molecule is Nc1nccn1CCCOCC(F)(F)F. The molecule has 1 aromatic rings. The zero-order valence-corrected chi connectivity index (χ0v) is 8.00. The van der Waals surface area contributed by atoms with E-state index in [9.17, 15) is 13.2 Å². The summed E-state index contributed by atoms with van der Waals surface area (Å²) in [6.07, 6.45) is -0.588. The van der Waals surface area contributed by atoms with Gasteiger partial charge in [0.05, 0.1) is 0 Å². The number of nitrogen functional groups attached to an aromatic ring is 1. The predicted molar refractivity (Wildman–Crippen MR) is 48.1 cm³/mol. The summed E-state index contributed by atoms with van der Waals surface area (Å²) in [5.41, 5.74) is 5.46. The minimum Gasteiger partial charge on any atom is -0.372 e. The van der Waals surface area contributed by atoms with E-state index in [2.05, 4.69) is 9.72 Å². The molecule has 0 saturated heterocycles. The van der Waals surface area contributed by atoms with Crippen LogP contribution >= 0.6 is 0 Å². The fourth-order valence-electron chi connectivity index (χ4n) is 1.05. The Morgan fingerprint density at radius 1 is 1.47 bits per heavy atom. The van der Waals surface area contributed by atoms with Crippen LogP contribution in [0.3, 0.4) is 0 Å². The number of alkyl halides is 3. The molecule has 0 amide bonds. The van der Waals surface area contributed by atoms with Crippen LogP contribution in [0.4, 0.5) is 19.1 Å². The Kier molecular flexibility index (Phi) is 3.96. The van der Waals surface area contributed by atoms with Crippen LogP contribution < -0.4 is 5.73 Å². The van der Waals surface area contributed by atoms with Crippen LogP contribution in [0.15, 0.2) is 12.4 Å². The molecule has 0 aliphatic carbocycles. The van der Waals surface area contributed by atoms with E-state index in [0.717, 1.165) is 0 Å². The van der Waals surface area contributed by atoms with Crippen molar-refractivity contribution >= 4 is 5.95 Å². The zero-order valence-electron chi connectivity index (χ0n) is 8.00. The molecule has 86 valence electrons. The van der Waals surface area contributed by atoms with Crippen LogP contribution in [-0.4, -0.2) is 28.9 Å². The molecular weight excluding hydrogens is 211 g/mol. The van der Waals surface area contributed by atoms with E-state index in [-0.39, 0.29) is 6.61 Å². The standard InChI is InChI=1S/C8H12F3N3O/c9-8(10,11)6-15-5-1-3-14-4-2-13-7(14)12/h2,4H,1,3,5-6H2,(H2,12,13). The normalized spacial score (nSPS) is 11.9. The quantitative estimate of drug-likeness (QED) is 0.768. The Balaban J connectivity index is 2.10. The minimum atomic E-state index is -4.26. The van der Waals surface area contributed by atoms with Gasteiger partial charge in [0.2, 0.25) is 0 Å². The number of halogens is 3. The molecular formula is C8H12F3N3O. The van der Waals surface area contributed by atoms with Gasteiger partial charge in [-0.3, -0.25) is 0 Å². The van der Waals surface area contributed by atoms with Gasteiger partial charge in [0.1, 0.15) is 6.61 Å². The molecule has 0 aliphatic heterocycles. The lowest BCUT2D eigenvalue weighted by molar-refractivity contribution is -0.174. The molecule has 0 radical (unpaired) electrons. The van der Waals surface area contributed by atoms with Gasteiger partial charge in [0.15, 0.2) is 5.95 Å². The Morgan fingerprint density at radius 3 is 2.73 bits per heavy atom. The molecule has 0 aromatic carbocycles. The number of aromatic nitrogens is 2. The fourth-order valence-corrected chi connectivity index (χ4v) is 1.05. The maximum absolute atomic E-state index is 11.7. The second-order valence-corrected chi connectivity index (χ2v) is 3.00. The zero-order chi connectivity index (χ0) is 11.3. The van der Waals surface area contributed by atoms with Crippen LogP contribution in [0, 0.1) is 0 Å². The van der Waals surface area contributed by atoms with E-state index in [1.165, 1.54) is 6.20 Å². The lowest BCUT2D eigenvalue weighted by atomic mass is 10.4. The topological polar surface area (TPSA) is 53.1 Å². The van der Waals surface area contributed by atoms with Crippen LogP contribution in [0.2, 0.25) is 0 Å². The highest BCUT2D eigenvalue weighted by Crippen LogP contribution is 2.14. The van der Waals surface area contributed by atoms with Gasteiger partial charge in [0, 0.05) is 25.5 Å². The Bertz CT molecular complexity index is 298. The van der Waals surface area contributed by atoms with Crippen molar-refractivity contribution in [2.75, 3.05) is 18.9 Å². The smallest absolute Gasteiger partial charge is 0.372 e. The van der Waals surface area contributed by atoms with Gasteiger partial charge in [-0.1, -0.05) is 0 Å². The molecule has 0 aliphatic rings. The highest BCUT2D eigenvalue weighted by molar-refractivity contribution is 5.16. The van der Waals surface area contributed by atoms with Gasteiger partial charge < -0.3 is 15.0 Å². The van der Waals surface area contributed by atoms with Gasteiger partial charge in [-0.25, -0.2) is 4.98 Å². The van der Waals surface area contributed by atoms with E-state index < -0.39 is 12.8 Å². The largest absolute Gasteiger partial charge is 0.411 e. The van der Waals surface area contributed by atoms with Crippen molar-refractivity contribution in [1.82, 2.24) is 9.55 Å². The summed E-state index contributed by atoms with van der Waals surface area (Å²) in [5.74, 6) is 0.353. The third-order valence-corrected chi connectivity index (χ3v) is 1.70. The highest BCUT2D eigenvalue weighted by Gasteiger charge is 2.27. The first kappa shape index (κ1) is 11.8. The second-order valence-electron chi connectivity index (χ2n) is 3.00. The Morgan fingerprint density at radius 2 is 2.20 bits per heavy atom. The maximum Gasteiger partial charge on any atom is 0.411 e. The van der Waals surface area contributed by atoms with Gasteiger partial charge in [0.25, 0.3) is 0 Å². The number of ether oxygens (including phenoxy) is 1. The first-order valence-electron chi connectivity index (χ1n) is 4.40. The van der Waals surface area contributed by atoms with Crippen molar-refractivity contribution in [1.29, 1.82) is 0 Å². The number of hydrogen-bond acceptors (Lipinski definition) is 3. The van der Waals surface area contributed by atoms with Crippen molar-refractivity contribution in [2.45, 2.75) is 19.1 Å². The summed E-state index contributed by atoms with van der Waals surface area (Å²) in [6.45, 7) is -0.646. The van der Waals surface area contributed by atoms with Crippen molar-refractivity contribution in [2.24, 2.45) is 0 Å². The number of aryl methyl sites for hydroxylation is 1. The Hall–Kier alpha value is -1.24. The molecule has 0 atom stereocenters. The van der Waals surface area contributed by atoms with Gasteiger partial charge >= 0.3 is 6.18 Å². The first-order chi connectivity index (χ1) is 6.99. The second kappa shape index (κ2) is 5.01. The highest BCUT2D eigenvalue weighted by atomic mass is 19.4. The van der Waals surface area contributed by atoms with E-state index in [1.807, 2.05) is 0 Å². The van der Waals surface area contributed by atoms with Crippen LogP contribution in [0.5, 0.6) is 0 Å². The van der Waals surface area contributed by atoms with E-state index in [4.69, 9.17) is 5.73 Å². The molecule has 4 nitrogen and oxygen atoms in total. The first-order valence-corrected chi connectivity index (χ1v) is 4.40. The number of anilines is 1. The number of nitrogens with two attached hydrogens (primary N) is 1. The molecule has 15 heavy (non-hydrogen) atoms. The summed E-state index contributed by atoms with van der Waals surface area (Å²) < 4.78 is 41.1. The molecule has 1 heterocycles.